The minimum absolute atomic E-state index is 0.389. The van der Waals surface area contributed by atoms with Crippen molar-refractivity contribution >= 4 is 44.2 Å². The molecule has 9 nitrogen and oxygen atoms in total. The third-order valence-electron chi connectivity index (χ3n) is 4.21. The minimum Gasteiger partial charge on any atom is -0.394 e. The van der Waals surface area contributed by atoms with Crippen molar-refractivity contribution < 1.29 is 20.1 Å². The van der Waals surface area contributed by atoms with Crippen molar-refractivity contribution in [3.05, 3.63) is 33.5 Å². The number of hydrogen-bond acceptors (Lipinski definition) is 9. The van der Waals surface area contributed by atoms with Crippen molar-refractivity contribution in [3.63, 3.8) is 0 Å². The fourth-order valence-corrected chi connectivity index (χ4v) is 4.32. The Hall–Kier alpha value is -1.63. The monoisotopic (exact) mass is 441 g/mol. The minimum atomic E-state index is -1.20. The van der Waals surface area contributed by atoms with Gasteiger partial charge in [-0.15, -0.1) is 11.3 Å². The molecule has 0 aliphatic carbocycles. The first-order valence-corrected chi connectivity index (χ1v) is 9.47. The summed E-state index contributed by atoms with van der Waals surface area (Å²) in [5, 5.41) is 32.6. The van der Waals surface area contributed by atoms with Crippen LogP contribution in [0.4, 0.5) is 5.82 Å². The quantitative estimate of drug-likeness (QED) is 0.459. The van der Waals surface area contributed by atoms with Crippen LogP contribution in [0.25, 0.3) is 11.2 Å². The van der Waals surface area contributed by atoms with Crippen molar-refractivity contribution in [1.82, 2.24) is 19.5 Å². The van der Waals surface area contributed by atoms with Crippen LogP contribution in [0.5, 0.6) is 0 Å². The second-order valence-electron chi connectivity index (χ2n) is 5.83. The van der Waals surface area contributed by atoms with Gasteiger partial charge < -0.3 is 25.4 Å². The standard InChI is InChI=1S/C15H16BrN5O4S/c16-9-2-1-7(26-9)3-17-13-10-14(19-5-18-13)21(6-20-10)15-12(24)11(23)8(4-22)25-15/h1-2,5-6,8,11-12,15,22-24H,3-4H2,(H,17,18,19)/t8-,11-,12-,15-/m1/s1. The van der Waals surface area contributed by atoms with Crippen LogP contribution < -0.4 is 5.32 Å². The van der Waals surface area contributed by atoms with Crippen LogP contribution in [0.2, 0.25) is 0 Å². The smallest absolute Gasteiger partial charge is 0.167 e. The summed E-state index contributed by atoms with van der Waals surface area (Å²) in [7, 11) is 0. The molecule has 11 heteroatoms. The number of nitrogens with zero attached hydrogens (tertiary/aromatic N) is 4. The molecule has 1 fully saturated rings. The van der Waals surface area contributed by atoms with Gasteiger partial charge in [0.2, 0.25) is 0 Å². The van der Waals surface area contributed by atoms with Crippen LogP contribution in [-0.4, -0.2) is 59.8 Å². The third kappa shape index (κ3) is 3.10. The Morgan fingerprint density at radius 1 is 1.23 bits per heavy atom. The summed E-state index contributed by atoms with van der Waals surface area (Å²) >= 11 is 5.06. The van der Waals surface area contributed by atoms with Crippen LogP contribution in [0.3, 0.4) is 0 Å². The van der Waals surface area contributed by atoms with Gasteiger partial charge in [-0.05, 0) is 28.1 Å². The van der Waals surface area contributed by atoms with E-state index in [0.717, 1.165) is 8.66 Å². The van der Waals surface area contributed by atoms with Gasteiger partial charge in [-0.1, -0.05) is 0 Å². The van der Waals surface area contributed by atoms with E-state index in [4.69, 9.17) is 4.74 Å². The topological polar surface area (TPSA) is 126 Å². The number of aliphatic hydroxyl groups excluding tert-OH is 3. The molecule has 0 amide bonds. The van der Waals surface area contributed by atoms with E-state index < -0.39 is 24.5 Å². The zero-order valence-corrected chi connectivity index (χ0v) is 15.8. The maximum Gasteiger partial charge on any atom is 0.167 e. The summed E-state index contributed by atoms with van der Waals surface area (Å²) in [6.07, 6.45) is -1.24. The second-order valence-corrected chi connectivity index (χ2v) is 8.38. The summed E-state index contributed by atoms with van der Waals surface area (Å²) in [6.45, 7) is 0.197. The Morgan fingerprint density at radius 2 is 2.08 bits per heavy atom. The van der Waals surface area contributed by atoms with Crippen LogP contribution >= 0.6 is 27.3 Å². The first-order chi connectivity index (χ1) is 12.6. The van der Waals surface area contributed by atoms with E-state index in [-0.39, 0.29) is 6.61 Å². The predicted molar refractivity (Wildman–Crippen MR) is 97.7 cm³/mol. The highest BCUT2D eigenvalue weighted by molar-refractivity contribution is 9.11. The molecule has 0 spiro atoms. The molecular formula is C15H16BrN5O4S. The highest BCUT2D eigenvalue weighted by atomic mass is 79.9. The first kappa shape index (κ1) is 17.8. The largest absolute Gasteiger partial charge is 0.394 e. The normalized spacial score (nSPS) is 25.8. The van der Waals surface area contributed by atoms with E-state index in [9.17, 15) is 15.3 Å². The fourth-order valence-electron chi connectivity index (χ4n) is 2.89. The van der Waals surface area contributed by atoms with E-state index >= 15 is 0 Å². The molecular weight excluding hydrogens is 426 g/mol. The lowest BCUT2D eigenvalue weighted by molar-refractivity contribution is -0.0511. The Kier molecular flexibility index (Phi) is 4.90. The number of thiophene rings is 1. The second kappa shape index (κ2) is 7.18. The number of hydrogen-bond donors (Lipinski definition) is 4. The van der Waals surface area contributed by atoms with Crippen LogP contribution in [0.1, 0.15) is 11.1 Å². The number of ether oxygens (including phenoxy) is 1. The Balaban J connectivity index is 1.61. The van der Waals surface area contributed by atoms with Crippen molar-refractivity contribution in [2.75, 3.05) is 11.9 Å². The van der Waals surface area contributed by atoms with Crippen molar-refractivity contribution in [2.45, 2.75) is 31.1 Å². The molecule has 4 rings (SSSR count). The van der Waals surface area contributed by atoms with Gasteiger partial charge in [0.25, 0.3) is 0 Å². The molecule has 0 aromatic carbocycles. The molecule has 1 saturated heterocycles. The molecule has 4 N–H and O–H groups in total. The third-order valence-corrected chi connectivity index (χ3v) is 5.83. The molecule has 0 bridgehead atoms. The number of rotatable bonds is 5. The van der Waals surface area contributed by atoms with Crippen molar-refractivity contribution in [1.29, 1.82) is 0 Å². The SMILES string of the molecule is OC[C@H]1O[C@@H](n2cnc3c(NCc4ccc(Br)s4)ncnc32)[C@H](O)[C@@H]1O. The Morgan fingerprint density at radius 3 is 2.77 bits per heavy atom. The van der Waals surface area contributed by atoms with Gasteiger partial charge in [0.15, 0.2) is 23.2 Å². The lowest BCUT2D eigenvalue weighted by Crippen LogP contribution is -2.33. The maximum atomic E-state index is 10.2. The van der Waals surface area contributed by atoms with Gasteiger partial charge in [0.05, 0.1) is 23.3 Å². The van der Waals surface area contributed by atoms with E-state index in [1.54, 1.807) is 11.3 Å². The Labute approximate surface area is 160 Å². The summed E-state index contributed by atoms with van der Waals surface area (Å²) in [4.78, 5) is 13.9. The van der Waals surface area contributed by atoms with E-state index in [1.807, 2.05) is 12.1 Å². The highest BCUT2D eigenvalue weighted by Crippen LogP contribution is 2.32. The number of anilines is 1. The summed E-state index contributed by atoms with van der Waals surface area (Å²) in [5.41, 5.74) is 0.991. The zero-order chi connectivity index (χ0) is 18.3. The number of imidazole rings is 1. The molecule has 0 unspecified atom stereocenters. The van der Waals surface area contributed by atoms with Crippen LogP contribution in [0, 0.1) is 0 Å². The molecule has 0 radical (unpaired) electrons. The molecule has 4 atom stereocenters. The number of aliphatic hydroxyl groups is 3. The van der Waals surface area contributed by atoms with Gasteiger partial charge in [0, 0.05) is 4.88 Å². The molecule has 1 aliphatic heterocycles. The fraction of sp³-hybridized carbons (Fsp3) is 0.400. The molecule has 3 aromatic heterocycles. The van der Waals surface area contributed by atoms with Gasteiger partial charge >= 0.3 is 0 Å². The summed E-state index contributed by atoms with van der Waals surface area (Å²) in [6, 6.07) is 3.99. The van der Waals surface area contributed by atoms with Crippen LogP contribution in [-0.2, 0) is 11.3 Å². The molecule has 3 aromatic rings. The molecule has 1 aliphatic rings. The molecule has 26 heavy (non-hydrogen) atoms. The summed E-state index contributed by atoms with van der Waals surface area (Å²) < 4.78 is 8.13. The Bertz CT molecular complexity index is 918. The van der Waals surface area contributed by atoms with Crippen molar-refractivity contribution in [2.24, 2.45) is 0 Å². The lowest BCUT2D eigenvalue weighted by Gasteiger charge is -2.16. The number of nitrogens with one attached hydrogen (secondary N) is 1. The zero-order valence-electron chi connectivity index (χ0n) is 13.4. The van der Waals surface area contributed by atoms with E-state index in [1.165, 1.54) is 17.2 Å². The average molecular weight is 442 g/mol. The van der Waals surface area contributed by atoms with E-state index in [2.05, 4.69) is 36.2 Å². The van der Waals surface area contributed by atoms with Crippen molar-refractivity contribution in [3.8, 4) is 0 Å². The molecule has 4 heterocycles. The lowest BCUT2D eigenvalue weighted by atomic mass is 10.1. The molecule has 0 saturated carbocycles. The number of aromatic nitrogens is 4. The highest BCUT2D eigenvalue weighted by Gasteiger charge is 2.44. The molecule has 138 valence electrons. The van der Waals surface area contributed by atoms with E-state index in [0.29, 0.717) is 23.5 Å². The predicted octanol–water partition coefficient (Wildman–Crippen LogP) is 0.874. The van der Waals surface area contributed by atoms with Crippen LogP contribution in [0.15, 0.2) is 28.6 Å². The van der Waals surface area contributed by atoms with Gasteiger partial charge in [0.1, 0.15) is 24.6 Å². The maximum absolute atomic E-state index is 10.2. The van der Waals surface area contributed by atoms with Gasteiger partial charge in [-0.25, -0.2) is 15.0 Å². The van der Waals surface area contributed by atoms with Gasteiger partial charge in [-0.2, -0.15) is 0 Å². The average Bonchev–Trinajstić information content (AvgIpc) is 3.32. The van der Waals surface area contributed by atoms with Gasteiger partial charge in [-0.3, -0.25) is 4.57 Å². The number of halogens is 1. The number of fused-ring (bicyclic) bond motifs is 1. The first-order valence-electron chi connectivity index (χ1n) is 7.86. The summed E-state index contributed by atoms with van der Waals surface area (Å²) in [5.74, 6) is 0.560.